The van der Waals surface area contributed by atoms with E-state index in [2.05, 4.69) is 109 Å². The van der Waals surface area contributed by atoms with Crippen LogP contribution in [-0.4, -0.2) is 107 Å². The summed E-state index contributed by atoms with van der Waals surface area (Å²) in [5, 5.41) is 25.5. The number of aromatic nitrogens is 10. The minimum absolute atomic E-state index is 0.108. The molecule has 8 rings (SSSR count). The number of carbonyl (C=O) groups is 1. The molecule has 4 aromatic heterocycles. The Labute approximate surface area is 448 Å². The molecule has 0 radical (unpaired) electrons. The third-order valence-electron chi connectivity index (χ3n) is 10.2. The van der Waals surface area contributed by atoms with Crippen LogP contribution in [-0.2, 0) is 24.3 Å². The average Bonchev–Trinajstić information content (AvgIpc) is 4.18. The van der Waals surface area contributed by atoms with Gasteiger partial charge in [-0.3, -0.25) is 0 Å². The lowest BCUT2D eigenvalue weighted by Crippen LogP contribution is -2.37. The predicted octanol–water partition coefficient (Wildman–Crippen LogP) is 10.0. The van der Waals surface area contributed by atoms with Crippen LogP contribution in [0, 0.1) is 19.8 Å². The highest BCUT2D eigenvalue weighted by atomic mass is 79.9. The van der Waals surface area contributed by atoms with Crippen molar-refractivity contribution >= 4 is 21.9 Å². The van der Waals surface area contributed by atoms with E-state index >= 15 is 0 Å². The lowest BCUT2D eigenvalue weighted by Gasteiger charge is -2.08. The Kier molecular flexibility index (Phi) is 21.6. The van der Waals surface area contributed by atoms with E-state index in [-0.39, 0.29) is 46.6 Å². The van der Waals surface area contributed by atoms with Gasteiger partial charge in [0.25, 0.3) is 11.8 Å². The molecule has 418 valence electrons. The Balaban J connectivity index is 0.000000236. The molecule has 0 aliphatic carbocycles. The van der Waals surface area contributed by atoms with Gasteiger partial charge in [0.05, 0.1) is 13.1 Å². The lowest BCUT2D eigenvalue weighted by molar-refractivity contribution is -0.344. The van der Waals surface area contributed by atoms with Gasteiger partial charge in [0, 0.05) is 28.7 Å². The van der Waals surface area contributed by atoms with Gasteiger partial charge < -0.3 is 39.1 Å². The van der Waals surface area contributed by atoms with Crippen LogP contribution >= 0.6 is 15.9 Å². The van der Waals surface area contributed by atoms with Crippen molar-refractivity contribution in [3.63, 3.8) is 0 Å². The summed E-state index contributed by atoms with van der Waals surface area (Å²) in [6, 6.07) is 26.6. The van der Waals surface area contributed by atoms with E-state index < -0.39 is 24.9 Å². The number of nitrogens with zero attached hydrogens (tertiary/aromatic N) is 11. The first kappa shape index (κ1) is 61.1. The van der Waals surface area contributed by atoms with E-state index in [4.69, 9.17) is 24.7 Å². The summed E-state index contributed by atoms with van der Waals surface area (Å²) >= 11 is 3.44. The van der Waals surface area contributed by atoms with Crippen molar-refractivity contribution in [1.29, 1.82) is 0 Å². The molecule has 18 nitrogen and oxygen atoms in total. The number of ether oxygens (including phenoxy) is 2. The van der Waals surface area contributed by atoms with Crippen molar-refractivity contribution < 1.29 is 67.9 Å². The maximum Gasteiger partial charge on any atom is 0.573 e. The number of carbonyl (C=O) groups excluding carboxylic acids is 1. The van der Waals surface area contributed by atoms with Crippen molar-refractivity contribution in [3.05, 3.63) is 130 Å². The third kappa shape index (κ3) is 20.3. The smallest absolute Gasteiger partial charge is 0.542 e. The molecule has 0 atom stereocenters. The molecule has 28 heteroatoms. The molecule has 0 bridgehead atoms. The highest BCUT2D eigenvalue weighted by molar-refractivity contribution is 9.10. The second kappa shape index (κ2) is 27.5. The van der Waals surface area contributed by atoms with Crippen LogP contribution in [0.5, 0.6) is 11.5 Å². The summed E-state index contributed by atoms with van der Waals surface area (Å²) in [7, 11) is 4.01. The fourth-order valence-corrected chi connectivity index (χ4v) is 7.08. The van der Waals surface area contributed by atoms with Crippen LogP contribution in [0.15, 0.2) is 111 Å². The lowest BCUT2D eigenvalue weighted by atomic mass is 10.0. The van der Waals surface area contributed by atoms with Gasteiger partial charge in [-0.15, -0.1) is 36.5 Å². The Morgan fingerprint density at radius 2 is 1.09 bits per heavy atom. The quantitative estimate of drug-likeness (QED) is 0.0888. The molecule has 4 aromatic carbocycles. The van der Waals surface area contributed by atoms with E-state index in [0.717, 1.165) is 41.5 Å². The van der Waals surface area contributed by atoms with E-state index in [1.807, 2.05) is 52.2 Å². The second-order valence-electron chi connectivity index (χ2n) is 17.4. The average molecular weight is 1170 g/mol. The summed E-state index contributed by atoms with van der Waals surface area (Å²) in [5.74, 6) is -0.428. The number of aryl methyl sites for hydroxylation is 3. The van der Waals surface area contributed by atoms with Gasteiger partial charge in [-0.25, -0.2) is 19.3 Å². The molecule has 4 heterocycles. The number of halogens is 10. The Morgan fingerprint density at radius 1 is 0.667 bits per heavy atom. The molecule has 2 N–H and O–H groups in total. The normalized spacial score (nSPS) is 11.6. The summed E-state index contributed by atoms with van der Waals surface area (Å²) in [5.41, 5.74) is 9.59. The van der Waals surface area contributed by atoms with Gasteiger partial charge in [-0.1, -0.05) is 82.9 Å². The largest absolute Gasteiger partial charge is 0.573 e. The minimum Gasteiger partial charge on any atom is -0.542 e. The first-order chi connectivity index (χ1) is 36.6. The predicted molar refractivity (Wildman–Crippen MR) is 266 cm³/mol. The SMILES string of the molecule is CN(C)CCN.Cc1nc(-c2nc(-c3ccc(OC(F)(F)F)cc3)no2)nn1Cc1cccc(Br)c1.Cc1nc(-c2nc(-c3ccc(OC(F)(F)F)cc3)no2)nn1Cc1cccc(CCCC(C)C)c1.O=C([O-])C(F)(F)F. The maximum absolute atomic E-state index is 12.3. The summed E-state index contributed by atoms with van der Waals surface area (Å²) in [6.45, 7) is 10.9. The number of hydrogen-bond acceptors (Lipinski definition) is 16. The molecule has 8 aromatic rings. The van der Waals surface area contributed by atoms with Crippen molar-refractivity contribution in [2.24, 2.45) is 11.7 Å². The second-order valence-corrected chi connectivity index (χ2v) is 18.3. The molecule has 0 fully saturated rings. The highest BCUT2D eigenvalue weighted by Crippen LogP contribution is 2.29. The van der Waals surface area contributed by atoms with E-state index in [1.54, 1.807) is 9.36 Å². The van der Waals surface area contributed by atoms with Crippen molar-refractivity contribution in [1.82, 2.24) is 54.7 Å². The fraction of sp³-hybridized carbons (Fsp3) is 0.340. The summed E-state index contributed by atoms with van der Waals surface area (Å²) in [4.78, 5) is 28.2. The molecule has 0 aliphatic rings. The molecule has 0 aliphatic heterocycles. The van der Waals surface area contributed by atoms with Gasteiger partial charge in [0.1, 0.15) is 29.1 Å². The van der Waals surface area contributed by atoms with Crippen LogP contribution in [0.1, 0.15) is 55.0 Å². The topological polar surface area (TPSA) is 227 Å². The number of alkyl halides is 9. The standard InChI is InChI=1S/C25H26F3N5O2.C19H13BrF3N5O2.C4H12N2.C2HF3O2/c1-16(2)6-4-7-18-8-5-9-19(14-18)15-33-17(3)29-23(31-33)24-30-22(32-35-24)20-10-12-21(13-11-20)34-25(26,27)28;1-11-24-17(26-28(11)10-12-3-2-4-14(20)9-12)18-25-16(27-30-18)13-5-7-15(8-6-13)29-19(21,22)23;1-6(2)4-3-5;3-2(4,5)1(6)7/h5,8-14,16H,4,6-7,15H2,1-3H3;2-9H,10H2,1H3;3-5H2,1-2H3;(H,6,7)/p-1. The monoisotopic (exact) mass is 1170 g/mol. The third-order valence-corrected chi connectivity index (χ3v) is 10.7. The first-order valence-electron chi connectivity index (χ1n) is 23.3. The molecule has 0 saturated heterocycles. The van der Waals surface area contributed by atoms with Gasteiger partial charge in [-0.2, -0.15) is 23.1 Å². The zero-order valence-electron chi connectivity index (χ0n) is 42.5. The van der Waals surface area contributed by atoms with E-state index in [0.29, 0.717) is 41.8 Å². The minimum atomic E-state index is -5.19. The number of rotatable bonds is 16. The number of carboxylic acids is 1. The van der Waals surface area contributed by atoms with Gasteiger partial charge in [0.15, 0.2) is 0 Å². The molecule has 0 spiro atoms. The van der Waals surface area contributed by atoms with E-state index in [9.17, 15) is 39.5 Å². The molecule has 0 saturated carbocycles. The molecule has 78 heavy (non-hydrogen) atoms. The van der Waals surface area contributed by atoms with Gasteiger partial charge in [-0.05, 0) is 124 Å². The van der Waals surface area contributed by atoms with Crippen LogP contribution in [0.2, 0.25) is 0 Å². The molecule has 0 unspecified atom stereocenters. The number of likely N-dealkylation sites (N-methyl/N-ethyl adjacent to an activating group) is 1. The zero-order chi connectivity index (χ0) is 57.4. The van der Waals surface area contributed by atoms with Crippen LogP contribution in [0.4, 0.5) is 39.5 Å². The number of nitrogens with two attached hydrogens (primary N) is 1. The molecule has 0 amide bonds. The molecular formula is C50H51BrF9N12O6-. The Morgan fingerprint density at radius 3 is 1.46 bits per heavy atom. The van der Waals surface area contributed by atoms with Crippen LogP contribution in [0.3, 0.4) is 0 Å². The number of benzene rings is 4. The van der Waals surface area contributed by atoms with Crippen LogP contribution in [0.25, 0.3) is 46.2 Å². The number of hydrogen-bond donors (Lipinski definition) is 1. The van der Waals surface area contributed by atoms with E-state index in [1.165, 1.54) is 60.5 Å². The van der Waals surface area contributed by atoms with Crippen molar-refractivity contribution in [3.8, 4) is 57.7 Å². The number of carboxylic acid groups (broad SMARTS) is 1. The Bertz CT molecular complexity index is 3140. The Hall–Kier alpha value is -7.72. The first-order valence-corrected chi connectivity index (χ1v) is 24.1. The van der Waals surface area contributed by atoms with Crippen molar-refractivity contribution in [2.45, 2.75) is 78.9 Å². The highest BCUT2D eigenvalue weighted by Gasteiger charge is 2.32. The zero-order valence-corrected chi connectivity index (χ0v) is 44.1. The van der Waals surface area contributed by atoms with Crippen LogP contribution < -0.4 is 20.3 Å². The molecular weight excluding hydrogens is 1120 g/mol. The maximum atomic E-state index is 12.3. The van der Waals surface area contributed by atoms with Gasteiger partial charge >= 0.3 is 18.9 Å². The number of aliphatic carboxylic acids is 1. The summed E-state index contributed by atoms with van der Waals surface area (Å²) in [6.07, 6.45) is -11.3. The van der Waals surface area contributed by atoms with Crippen molar-refractivity contribution in [2.75, 3.05) is 27.2 Å². The summed E-state index contributed by atoms with van der Waals surface area (Å²) < 4.78 is 128. The van der Waals surface area contributed by atoms with Gasteiger partial charge in [0.2, 0.25) is 23.3 Å². The fourth-order valence-electron chi connectivity index (χ4n) is 6.63.